The Balaban J connectivity index is 2.05. The van der Waals surface area contributed by atoms with Gasteiger partial charge in [-0.3, -0.25) is 0 Å². The van der Waals surface area contributed by atoms with Gasteiger partial charge in [0.25, 0.3) is 0 Å². The number of hydrogen-bond acceptors (Lipinski definition) is 2. The predicted octanol–water partition coefficient (Wildman–Crippen LogP) is 4.05. The smallest absolute Gasteiger partial charge is 0.124 e. The summed E-state index contributed by atoms with van der Waals surface area (Å²) in [6.45, 7) is 3.20. The number of aryl methyl sites for hydroxylation is 1. The topological polar surface area (TPSA) is 35.2 Å². The van der Waals surface area contributed by atoms with E-state index in [1.165, 1.54) is 11.1 Å². The van der Waals surface area contributed by atoms with E-state index in [1.807, 2.05) is 18.2 Å². The van der Waals surface area contributed by atoms with Crippen molar-refractivity contribution in [2.24, 2.45) is 5.73 Å². The van der Waals surface area contributed by atoms with Crippen LogP contribution in [0, 0.1) is 0 Å². The lowest BCUT2D eigenvalue weighted by molar-refractivity contribution is 0.303. The van der Waals surface area contributed by atoms with Crippen molar-refractivity contribution in [2.75, 3.05) is 0 Å². The molecule has 2 aromatic carbocycles. The molecule has 2 nitrogen and oxygen atoms in total. The largest absolute Gasteiger partial charge is 0.489 e. The van der Waals surface area contributed by atoms with Gasteiger partial charge in [-0.1, -0.05) is 47.1 Å². The Kier molecular flexibility index (Phi) is 5.00. The summed E-state index contributed by atoms with van der Waals surface area (Å²) >= 11 is 3.44. The van der Waals surface area contributed by atoms with Gasteiger partial charge in [0, 0.05) is 16.6 Å². The molecule has 0 heterocycles. The standard InChI is InChI=1S/C16H18BrNO/c1-2-12-3-5-13(6-4-12)11-19-16-8-7-15(17)9-14(16)10-18/h3-9H,2,10-11,18H2,1H3. The lowest BCUT2D eigenvalue weighted by atomic mass is 10.1. The molecule has 2 rings (SSSR count). The minimum absolute atomic E-state index is 0.476. The van der Waals surface area contributed by atoms with Crippen molar-refractivity contribution in [3.8, 4) is 5.75 Å². The quantitative estimate of drug-likeness (QED) is 0.902. The van der Waals surface area contributed by atoms with Crippen molar-refractivity contribution < 1.29 is 4.74 Å². The minimum atomic E-state index is 0.476. The Morgan fingerprint density at radius 2 is 1.74 bits per heavy atom. The number of benzene rings is 2. The van der Waals surface area contributed by atoms with E-state index >= 15 is 0 Å². The average Bonchev–Trinajstić information content (AvgIpc) is 2.46. The number of ether oxygens (including phenoxy) is 1. The summed E-state index contributed by atoms with van der Waals surface area (Å²) in [5.41, 5.74) is 9.25. The molecule has 0 atom stereocenters. The minimum Gasteiger partial charge on any atom is -0.489 e. The van der Waals surface area contributed by atoms with Crippen LogP contribution >= 0.6 is 15.9 Å². The normalized spacial score (nSPS) is 10.5. The molecule has 19 heavy (non-hydrogen) atoms. The zero-order valence-electron chi connectivity index (χ0n) is 11.0. The Morgan fingerprint density at radius 1 is 1.05 bits per heavy atom. The molecular weight excluding hydrogens is 302 g/mol. The third kappa shape index (κ3) is 3.82. The zero-order valence-corrected chi connectivity index (χ0v) is 12.6. The molecule has 100 valence electrons. The molecule has 0 radical (unpaired) electrons. The molecular formula is C16H18BrNO. The lowest BCUT2D eigenvalue weighted by Gasteiger charge is -2.11. The first-order valence-corrected chi connectivity index (χ1v) is 7.21. The number of nitrogens with two attached hydrogens (primary N) is 1. The van der Waals surface area contributed by atoms with E-state index in [0.29, 0.717) is 13.2 Å². The fourth-order valence-electron chi connectivity index (χ4n) is 1.88. The first-order chi connectivity index (χ1) is 9.22. The van der Waals surface area contributed by atoms with E-state index in [4.69, 9.17) is 10.5 Å². The highest BCUT2D eigenvalue weighted by atomic mass is 79.9. The van der Waals surface area contributed by atoms with Crippen molar-refractivity contribution in [1.29, 1.82) is 0 Å². The SMILES string of the molecule is CCc1ccc(COc2ccc(Br)cc2CN)cc1. The molecule has 0 aromatic heterocycles. The maximum absolute atomic E-state index is 5.84. The van der Waals surface area contributed by atoms with E-state index in [2.05, 4.69) is 47.1 Å². The molecule has 0 aliphatic heterocycles. The van der Waals surface area contributed by atoms with Crippen LogP contribution in [0.25, 0.3) is 0 Å². The fourth-order valence-corrected chi connectivity index (χ4v) is 2.29. The second kappa shape index (κ2) is 6.73. The summed E-state index contributed by atoms with van der Waals surface area (Å²) in [7, 11) is 0. The Labute approximate surface area is 122 Å². The summed E-state index contributed by atoms with van der Waals surface area (Å²) in [4.78, 5) is 0. The van der Waals surface area contributed by atoms with Gasteiger partial charge in [0.1, 0.15) is 12.4 Å². The van der Waals surface area contributed by atoms with E-state index in [0.717, 1.165) is 22.2 Å². The first-order valence-electron chi connectivity index (χ1n) is 6.42. The first kappa shape index (κ1) is 14.1. The van der Waals surface area contributed by atoms with Crippen LogP contribution in [0.4, 0.5) is 0 Å². The molecule has 0 bridgehead atoms. The highest BCUT2D eigenvalue weighted by molar-refractivity contribution is 9.10. The maximum Gasteiger partial charge on any atom is 0.124 e. The number of hydrogen-bond donors (Lipinski definition) is 1. The molecule has 2 N–H and O–H groups in total. The molecule has 0 fully saturated rings. The second-order valence-electron chi connectivity index (χ2n) is 4.41. The molecule has 2 aromatic rings. The molecule has 0 aliphatic carbocycles. The number of rotatable bonds is 5. The third-order valence-corrected chi connectivity index (χ3v) is 3.56. The highest BCUT2D eigenvalue weighted by Gasteiger charge is 2.03. The summed E-state index contributed by atoms with van der Waals surface area (Å²) in [5, 5.41) is 0. The maximum atomic E-state index is 5.84. The Bertz CT molecular complexity index is 537. The van der Waals surface area contributed by atoms with Crippen LogP contribution in [-0.4, -0.2) is 0 Å². The molecule has 0 spiro atoms. The van der Waals surface area contributed by atoms with Crippen LogP contribution in [0.5, 0.6) is 5.75 Å². The molecule has 0 saturated carbocycles. The molecule has 0 unspecified atom stereocenters. The second-order valence-corrected chi connectivity index (χ2v) is 5.33. The van der Waals surface area contributed by atoms with Crippen LogP contribution < -0.4 is 10.5 Å². The summed E-state index contributed by atoms with van der Waals surface area (Å²) in [5.74, 6) is 0.852. The van der Waals surface area contributed by atoms with Crippen molar-refractivity contribution in [3.05, 3.63) is 63.6 Å². The van der Waals surface area contributed by atoms with Gasteiger partial charge in [-0.2, -0.15) is 0 Å². The van der Waals surface area contributed by atoms with E-state index in [-0.39, 0.29) is 0 Å². The van der Waals surface area contributed by atoms with Crippen LogP contribution in [0.2, 0.25) is 0 Å². The van der Waals surface area contributed by atoms with E-state index in [9.17, 15) is 0 Å². The van der Waals surface area contributed by atoms with Gasteiger partial charge in [0.05, 0.1) is 0 Å². The van der Waals surface area contributed by atoms with Gasteiger partial charge in [0.2, 0.25) is 0 Å². The Hall–Kier alpha value is -1.32. The van der Waals surface area contributed by atoms with Gasteiger partial charge in [-0.25, -0.2) is 0 Å². The Morgan fingerprint density at radius 3 is 2.37 bits per heavy atom. The molecule has 0 saturated heterocycles. The molecule has 3 heteroatoms. The van der Waals surface area contributed by atoms with Crippen molar-refractivity contribution in [3.63, 3.8) is 0 Å². The van der Waals surface area contributed by atoms with Crippen molar-refractivity contribution in [1.82, 2.24) is 0 Å². The van der Waals surface area contributed by atoms with Gasteiger partial charge in [-0.15, -0.1) is 0 Å². The predicted molar refractivity (Wildman–Crippen MR) is 82.2 cm³/mol. The van der Waals surface area contributed by atoms with Crippen LogP contribution in [0.15, 0.2) is 46.9 Å². The fraction of sp³-hybridized carbons (Fsp3) is 0.250. The number of halogens is 1. The molecule has 0 aliphatic rings. The van der Waals surface area contributed by atoms with Gasteiger partial charge < -0.3 is 10.5 Å². The van der Waals surface area contributed by atoms with Crippen LogP contribution in [-0.2, 0) is 19.6 Å². The van der Waals surface area contributed by atoms with Gasteiger partial charge >= 0.3 is 0 Å². The zero-order chi connectivity index (χ0) is 13.7. The summed E-state index contributed by atoms with van der Waals surface area (Å²) in [6.07, 6.45) is 1.06. The van der Waals surface area contributed by atoms with Gasteiger partial charge in [0.15, 0.2) is 0 Å². The molecule has 0 amide bonds. The van der Waals surface area contributed by atoms with E-state index < -0.39 is 0 Å². The van der Waals surface area contributed by atoms with Crippen LogP contribution in [0.3, 0.4) is 0 Å². The van der Waals surface area contributed by atoms with Crippen molar-refractivity contribution in [2.45, 2.75) is 26.5 Å². The lowest BCUT2D eigenvalue weighted by Crippen LogP contribution is -2.02. The van der Waals surface area contributed by atoms with Crippen molar-refractivity contribution >= 4 is 15.9 Å². The average molecular weight is 320 g/mol. The van der Waals surface area contributed by atoms with Crippen LogP contribution in [0.1, 0.15) is 23.6 Å². The van der Waals surface area contributed by atoms with E-state index in [1.54, 1.807) is 0 Å². The van der Waals surface area contributed by atoms with Gasteiger partial charge in [-0.05, 0) is 35.7 Å². The third-order valence-electron chi connectivity index (χ3n) is 3.07. The summed E-state index contributed by atoms with van der Waals surface area (Å²) in [6, 6.07) is 14.4. The summed E-state index contributed by atoms with van der Waals surface area (Å²) < 4.78 is 6.86. The highest BCUT2D eigenvalue weighted by Crippen LogP contribution is 2.23. The monoisotopic (exact) mass is 319 g/mol.